The molecule has 1 aliphatic rings. The molecule has 0 spiro atoms. The van der Waals surface area contributed by atoms with Crippen LogP contribution in [0.4, 0.5) is 11.5 Å². The average molecular weight is 482 g/mol. The maximum absolute atomic E-state index is 12.8. The van der Waals surface area contributed by atoms with Crippen LogP contribution in [0.3, 0.4) is 0 Å². The summed E-state index contributed by atoms with van der Waals surface area (Å²) in [4.78, 5) is 27.4. The van der Waals surface area contributed by atoms with Crippen LogP contribution >= 0.6 is 0 Å². The fourth-order valence-electron chi connectivity index (χ4n) is 3.97. The highest BCUT2D eigenvalue weighted by Gasteiger charge is 2.25. The van der Waals surface area contributed by atoms with Crippen molar-refractivity contribution < 1.29 is 13.2 Å². The van der Waals surface area contributed by atoms with Gasteiger partial charge in [0, 0.05) is 24.3 Å². The van der Waals surface area contributed by atoms with Crippen LogP contribution in [0.1, 0.15) is 30.3 Å². The topological polar surface area (TPSA) is 143 Å². The van der Waals surface area contributed by atoms with Crippen LogP contribution in [0, 0.1) is 0 Å². The molecule has 1 fully saturated rings. The number of hydrogen-bond donors (Lipinski definition) is 3. The molecule has 1 saturated heterocycles. The van der Waals surface area contributed by atoms with Crippen molar-refractivity contribution in [3.05, 3.63) is 60.7 Å². The Labute approximate surface area is 198 Å². The van der Waals surface area contributed by atoms with Crippen molar-refractivity contribution in [1.29, 1.82) is 0 Å². The van der Waals surface area contributed by atoms with Crippen LogP contribution in [0.2, 0.25) is 0 Å². The Morgan fingerprint density at radius 2 is 2.00 bits per heavy atom. The molecule has 1 amide bonds. The summed E-state index contributed by atoms with van der Waals surface area (Å²) in [5, 5.41) is 2.68. The maximum Gasteiger partial charge on any atom is 0.278 e. The largest absolute Gasteiger partial charge is 0.382 e. The van der Waals surface area contributed by atoms with Crippen molar-refractivity contribution in [3.63, 3.8) is 0 Å². The molecular formula is C23H27N7O3S. The Bertz CT molecular complexity index is 1250. The van der Waals surface area contributed by atoms with Crippen molar-refractivity contribution in [2.45, 2.75) is 30.7 Å². The number of pyridine rings is 1. The normalized spacial score (nSPS) is 16.4. The SMILES string of the molecule is CCN1CCCC1CNS(=O)(=O)c1ccc(-c2cnc(N)c(C(=O)Nc3cccnc3)n2)cc1. The molecule has 4 rings (SSSR count). The van der Waals surface area contributed by atoms with Crippen LogP contribution in [-0.4, -0.2) is 59.9 Å². The zero-order valence-corrected chi connectivity index (χ0v) is 19.6. The molecule has 2 aromatic heterocycles. The van der Waals surface area contributed by atoms with E-state index < -0.39 is 15.9 Å². The van der Waals surface area contributed by atoms with E-state index in [1.54, 1.807) is 30.5 Å². The number of rotatable bonds is 8. The first-order valence-electron chi connectivity index (χ1n) is 11.1. The number of likely N-dealkylation sites (tertiary alicyclic amines) is 1. The summed E-state index contributed by atoms with van der Waals surface area (Å²) in [6.45, 7) is 4.38. The summed E-state index contributed by atoms with van der Waals surface area (Å²) in [6, 6.07) is 9.89. The number of amides is 1. The second-order valence-electron chi connectivity index (χ2n) is 7.99. The highest BCUT2D eigenvalue weighted by molar-refractivity contribution is 7.89. The number of nitrogens with one attached hydrogen (secondary N) is 2. The van der Waals surface area contributed by atoms with E-state index in [2.05, 4.69) is 36.8 Å². The van der Waals surface area contributed by atoms with Gasteiger partial charge in [0.15, 0.2) is 11.5 Å². The number of nitrogens with two attached hydrogens (primary N) is 1. The molecule has 34 heavy (non-hydrogen) atoms. The molecule has 0 radical (unpaired) electrons. The third-order valence-corrected chi connectivity index (χ3v) is 7.25. The number of carbonyl (C=O) groups excluding carboxylic acids is 1. The molecule has 4 N–H and O–H groups in total. The number of nitrogen functional groups attached to an aromatic ring is 1. The van der Waals surface area contributed by atoms with Gasteiger partial charge in [-0.25, -0.2) is 23.1 Å². The van der Waals surface area contributed by atoms with Crippen LogP contribution in [0.25, 0.3) is 11.3 Å². The number of sulfonamides is 1. The first-order chi connectivity index (χ1) is 16.4. The summed E-state index contributed by atoms with van der Waals surface area (Å²) < 4.78 is 28.2. The summed E-state index contributed by atoms with van der Waals surface area (Å²) in [5.74, 6) is -0.530. The minimum Gasteiger partial charge on any atom is -0.382 e. The quantitative estimate of drug-likeness (QED) is 0.444. The number of nitrogens with zero attached hydrogens (tertiary/aromatic N) is 4. The van der Waals surface area contributed by atoms with Crippen molar-refractivity contribution in [3.8, 4) is 11.3 Å². The standard InChI is InChI=1S/C23H27N7O3S/c1-2-30-12-4-6-18(30)14-27-34(32,33)19-9-7-16(8-10-19)20-15-26-22(24)21(29-20)23(31)28-17-5-3-11-25-13-17/h3,5,7-11,13,15,18,27H,2,4,6,12,14H2,1H3,(H2,24,26)(H,28,31). The number of anilines is 2. The lowest BCUT2D eigenvalue weighted by Gasteiger charge is -2.22. The predicted molar refractivity (Wildman–Crippen MR) is 130 cm³/mol. The first-order valence-corrected chi connectivity index (χ1v) is 12.5. The molecule has 0 aliphatic carbocycles. The first kappa shape index (κ1) is 23.7. The van der Waals surface area contributed by atoms with Gasteiger partial charge < -0.3 is 11.1 Å². The molecule has 0 bridgehead atoms. The molecule has 1 aromatic carbocycles. The summed E-state index contributed by atoms with van der Waals surface area (Å²) >= 11 is 0. The lowest BCUT2D eigenvalue weighted by atomic mass is 10.1. The molecular weight excluding hydrogens is 454 g/mol. The second-order valence-corrected chi connectivity index (χ2v) is 9.75. The van der Waals surface area contributed by atoms with Gasteiger partial charge in [-0.2, -0.15) is 0 Å². The second kappa shape index (κ2) is 10.2. The summed E-state index contributed by atoms with van der Waals surface area (Å²) in [5.41, 5.74) is 7.34. The smallest absolute Gasteiger partial charge is 0.278 e. The van der Waals surface area contributed by atoms with Crippen molar-refractivity contribution >= 4 is 27.4 Å². The molecule has 3 aromatic rings. The van der Waals surface area contributed by atoms with E-state index in [0.717, 1.165) is 25.9 Å². The number of carbonyl (C=O) groups is 1. The molecule has 11 heteroatoms. The summed E-state index contributed by atoms with van der Waals surface area (Å²) in [6.07, 6.45) is 6.61. The van der Waals surface area contributed by atoms with Crippen molar-refractivity contribution in [2.75, 3.05) is 30.7 Å². The summed E-state index contributed by atoms with van der Waals surface area (Å²) in [7, 11) is -3.64. The fraction of sp³-hybridized carbons (Fsp3) is 0.304. The Morgan fingerprint density at radius 1 is 1.21 bits per heavy atom. The molecule has 10 nitrogen and oxygen atoms in total. The van der Waals surface area contributed by atoms with Gasteiger partial charge in [0.25, 0.3) is 5.91 Å². The number of benzene rings is 1. The minimum absolute atomic E-state index is 0.0124. The van der Waals surface area contributed by atoms with Crippen LogP contribution in [0.5, 0.6) is 0 Å². The molecule has 0 saturated carbocycles. The van der Waals surface area contributed by atoms with Gasteiger partial charge in [-0.3, -0.25) is 14.7 Å². The number of aromatic nitrogens is 3. The minimum atomic E-state index is -3.64. The van der Waals surface area contributed by atoms with E-state index in [4.69, 9.17) is 5.73 Å². The molecule has 1 unspecified atom stereocenters. The van der Waals surface area contributed by atoms with Gasteiger partial charge in [-0.1, -0.05) is 19.1 Å². The lowest BCUT2D eigenvalue weighted by Crippen LogP contribution is -2.39. The highest BCUT2D eigenvalue weighted by atomic mass is 32.2. The molecule has 1 aliphatic heterocycles. The van der Waals surface area contributed by atoms with E-state index in [-0.39, 0.29) is 22.4 Å². The number of likely N-dealkylation sites (N-methyl/N-ethyl adjacent to an activating group) is 1. The van der Waals surface area contributed by atoms with Gasteiger partial charge in [-0.05, 0) is 50.2 Å². The van der Waals surface area contributed by atoms with Gasteiger partial charge in [0.2, 0.25) is 10.0 Å². The van der Waals surface area contributed by atoms with Gasteiger partial charge in [0.05, 0.1) is 28.7 Å². The van der Waals surface area contributed by atoms with Gasteiger partial charge in [0.1, 0.15) is 0 Å². The maximum atomic E-state index is 12.8. The Hall–Kier alpha value is -3.41. The Morgan fingerprint density at radius 3 is 2.71 bits per heavy atom. The third-order valence-electron chi connectivity index (χ3n) is 5.81. The molecule has 3 heterocycles. The average Bonchev–Trinajstić information content (AvgIpc) is 3.31. The van der Waals surface area contributed by atoms with Gasteiger partial charge >= 0.3 is 0 Å². The van der Waals surface area contributed by atoms with Crippen LogP contribution in [0.15, 0.2) is 59.9 Å². The lowest BCUT2D eigenvalue weighted by molar-refractivity contribution is 0.102. The third kappa shape index (κ3) is 5.38. The highest BCUT2D eigenvalue weighted by Crippen LogP contribution is 2.22. The fourth-order valence-corrected chi connectivity index (χ4v) is 5.04. The van der Waals surface area contributed by atoms with E-state index in [1.807, 2.05) is 0 Å². The number of hydrogen-bond acceptors (Lipinski definition) is 8. The monoisotopic (exact) mass is 481 g/mol. The zero-order valence-electron chi connectivity index (χ0n) is 18.8. The van der Waals surface area contributed by atoms with Crippen LogP contribution < -0.4 is 15.8 Å². The van der Waals surface area contributed by atoms with E-state index >= 15 is 0 Å². The van der Waals surface area contributed by atoms with Crippen molar-refractivity contribution in [2.24, 2.45) is 0 Å². The Balaban J connectivity index is 1.48. The molecule has 1 atom stereocenters. The van der Waals surface area contributed by atoms with E-state index in [1.165, 1.54) is 24.5 Å². The van der Waals surface area contributed by atoms with Gasteiger partial charge in [-0.15, -0.1) is 0 Å². The van der Waals surface area contributed by atoms with Crippen molar-refractivity contribution in [1.82, 2.24) is 24.6 Å². The zero-order chi connectivity index (χ0) is 24.1. The predicted octanol–water partition coefficient (Wildman–Crippen LogP) is 2.14. The Kier molecular flexibility index (Phi) is 7.15. The molecule has 178 valence electrons. The van der Waals surface area contributed by atoms with Crippen LogP contribution in [-0.2, 0) is 10.0 Å². The van der Waals surface area contributed by atoms with E-state index in [9.17, 15) is 13.2 Å². The van der Waals surface area contributed by atoms with E-state index in [0.29, 0.717) is 23.5 Å².